The van der Waals surface area contributed by atoms with Crippen molar-refractivity contribution in [2.45, 2.75) is 39.0 Å². The molecule has 1 saturated carbocycles. The Morgan fingerprint density at radius 1 is 1.33 bits per heavy atom. The Morgan fingerprint density at radius 3 is 2.56 bits per heavy atom. The lowest BCUT2D eigenvalue weighted by Crippen LogP contribution is -2.37. The third-order valence-corrected chi connectivity index (χ3v) is 4.23. The molecule has 18 heavy (non-hydrogen) atoms. The Balaban J connectivity index is 2.24. The van der Waals surface area contributed by atoms with Crippen molar-refractivity contribution in [1.82, 2.24) is 0 Å². The molecular weight excluding hydrogens is 232 g/mol. The molecule has 1 nitrogen and oxygen atoms in total. The van der Waals surface area contributed by atoms with Crippen LogP contribution in [0.1, 0.15) is 38.2 Å². The van der Waals surface area contributed by atoms with Gasteiger partial charge in [0.05, 0.1) is 0 Å². The van der Waals surface area contributed by atoms with Crippen LogP contribution < -0.4 is 5.73 Å². The van der Waals surface area contributed by atoms with E-state index in [1.54, 1.807) is 0 Å². The van der Waals surface area contributed by atoms with Gasteiger partial charge in [-0.3, -0.25) is 0 Å². The summed E-state index contributed by atoms with van der Waals surface area (Å²) in [5.41, 5.74) is 5.98. The van der Waals surface area contributed by atoms with Gasteiger partial charge in [0.1, 0.15) is 11.6 Å². The van der Waals surface area contributed by atoms with Gasteiger partial charge < -0.3 is 5.73 Å². The van der Waals surface area contributed by atoms with Crippen molar-refractivity contribution in [3.05, 3.63) is 35.4 Å². The first-order valence-electron chi connectivity index (χ1n) is 6.69. The van der Waals surface area contributed by atoms with Gasteiger partial charge >= 0.3 is 0 Å². The first kappa shape index (κ1) is 13.5. The van der Waals surface area contributed by atoms with Gasteiger partial charge in [0, 0.05) is 5.56 Å². The van der Waals surface area contributed by atoms with Crippen LogP contribution in [0, 0.1) is 23.0 Å². The molecule has 0 saturated heterocycles. The van der Waals surface area contributed by atoms with Gasteiger partial charge in [0.2, 0.25) is 0 Å². The molecular formula is C15H21F2N. The maximum atomic E-state index is 13.7. The Morgan fingerprint density at radius 2 is 2.00 bits per heavy atom. The van der Waals surface area contributed by atoms with Crippen molar-refractivity contribution in [2.24, 2.45) is 17.1 Å². The third kappa shape index (κ3) is 2.72. The SMILES string of the molecule is CC1CCCC(CN)(Cc2c(F)cccc2F)C1. The first-order valence-corrected chi connectivity index (χ1v) is 6.69. The van der Waals surface area contributed by atoms with Crippen molar-refractivity contribution in [2.75, 3.05) is 6.54 Å². The number of hydrogen-bond acceptors (Lipinski definition) is 1. The van der Waals surface area contributed by atoms with E-state index >= 15 is 0 Å². The zero-order valence-corrected chi connectivity index (χ0v) is 10.9. The van der Waals surface area contributed by atoms with E-state index in [4.69, 9.17) is 5.73 Å². The molecule has 1 aromatic carbocycles. The molecule has 1 aliphatic carbocycles. The van der Waals surface area contributed by atoms with Crippen LogP contribution in [0.25, 0.3) is 0 Å². The van der Waals surface area contributed by atoms with E-state index in [1.807, 2.05) is 0 Å². The van der Waals surface area contributed by atoms with Crippen LogP contribution in [0.15, 0.2) is 18.2 Å². The number of halogens is 2. The highest BCUT2D eigenvalue weighted by atomic mass is 19.1. The van der Waals surface area contributed by atoms with E-state index in [2.05, 4.69) is 6.92 Å². The van der Waals surface area contributed by atoms with Crippen LogP contribution in [-0.2, 0) is 6.42 Å². The van der Waals surface area contributed by atoms with Crippen LogP contribution in [0.3, 0.4) is 0 Å². The first-order chi connectivity index (χ1) is 8.56. The lowest BCUT2D eigenvalue weighted by Gasteiger charge is -2.39. The molecule has 1 aliphatic rings. The van der Waals surface area contributed by atoms with Gasteiger partial charge in [0.15, 0.2) is 0 Å². The summed E-state index contributed by atoms with van der Waals surface area (Å²) in [6, 6.07) is 4.07. The Kier molecular flexibility index (Phi) is 4.00. The minimum Gasteiger partial charge on any atom is -0.330 e. The second kappa shape index (κ2) is 5.35. The van der Waals surface area contributed by atoms with Crippen molar-refractivity contribution in [3.8, 4) is 0 Å². The lowest BCUT2D eigenvalue weighted by molar-refractivity contribution is 0.151. The summed E-state index contributed by atoms with van der Waals surface area (Å²) in [5.74, 6) is -0.292. The van der Waals surface area contributed by atoms with Gasteiger partial charge in [-0.2, -0.15) is 0 Å². The average Bonchev–Trinajstić information content (AvgIpc) is 2.34. The van der Waals surface area contributed by atoms with E-state index in [0.29, 0.717) is 18.9 Å². The molecule has 100 valence electrons. The molecule has 2 N–H and O–H groups in total. The molecule has 0 radical (unpaired) electrons. The zero-order valence-electron chi connectivity index (χ0n) is 10.9. The average molecular weight is 253 g/mol. The molecule has 1 aromatic rings. The summed E-state index contributed by atoms with van der Waals surface area (Å²) in [7, 11) is 0. The fourth-order valence-corrected chi connectivity index (χ4v) is 3.26. The van der Waals surface area contributed by atoms with E-state index in [0.717, 1.165) is 19.3 Å². The number of hydrogen-bond donors (Lipinski definition) is 1. The Hall–Kier alpha value is -0.960. The quantitative estimate of drug-likeness (QED) is 0.874. The van der Waals surface area contributed by atoms with Crippen molar-refractivity contribution >= 4 is 0 Å². The maximum Gasteiger partial charge on any atom is 0.129 e. The molecule has 0 amide bonds. The molecule has 3 heteroatoms. The van der Waals surface area contributed by atoms with Crippen LogP contribution in [0.4, 0.5) is 8.78 Å². The summed E-state index contributed by atoms with van der Waals surface area (Å²) in [5, 5.41) is 0. The second-order valence-corrected chi connectivity index (χ2v) is 5.78. The van der Waals surface area contributed by atoms with Gasteiger partial charge in [-0.05, 0) is 49.3 Å². The molecule has 2 unspecified atom stereocenters. The van der Waals surface area contributed by atoms with Gasteiger partial charge in [-0.25, -0.2) is 8.78 Å². The van der Waals surface area contributed by atoms with Crippen LogP contribution in [0.5, 0.6) is 0 Å². The number of benzene rings is 1. The zero-order chi connectivity index (χ0) is 13.2. The second-order valence-electron chi connectivity index (χ2n) is 5.78. The predicted octanol–water partition coefficient (Wildman–Crippen LogP) is 3.66. The van der Waals surface area contributed by atoms with E-state index in [1.165, 1.54) is 24.6 Å². The maximum absolute atomic E-state index is 13.7. The minimum absolute atomic E-state index is 0.124. The standard InChI is InChI=1S/C15H21F2N/c1-11-4-3-7-15(8-11,10-18)9-12-13(16)5-2-6-14(12)17/h2,5-6,11H,3-4,7-10,18H2,1H3. The fourth-order valence-electron chi connectivity index (χ4n) is 3.26. The predicted molar refractivity (Wildman–Crippen MR) is 69.2 cm³/mol. The summed E-state index contributed by atoms with van der Waals surface area (Å²) in [6.45, 7) is 2.70. The molecule has 0 aromatic heterocycles. The molecule has 2 rings (SSSR count). The highest BCUT2D eigenvalue weighted by Gasteiger charge is 2.35. The van der Waals surface area contributed by atoms with Gasteiger partial charge in [0.25, 0.3) is 0 Å². The normalized spacial score (nSPS) is 28.3. The van der Waals surface area contributed by atoms with Gasteiger partial charge in [-0.1, -0.05) is 25.8 Å². The van der Waals surface area contributed by atoms with Crippen molar-refractivity contribution < 1.29 is 8.78 Å². The summed E-state index contributed by atoms with van der Waals surface area (Å²) in [6.07, 6.45) is 4.67. The minimum atomic E-state index is -0.443. The Labute approximate surface area is 107 Å². The molecule has 2 atom stereocenters. The van der Waals surface area contributed by atoms with Gasteiger partial charge in [-0.15, -0.1) is 0 Å². The van der Waals surface area contributed by atoms with E-state index in [9.17, 15) is 8.78 Å². The molecule has 1 fully saturated rings. The smallest absolute Gasteiger partial charge is 0.129 e. The third-order valence-electron chi connectivity index (χ3n) is 4.23. The molecule has 0 spiro atoms. The highest BCUT2D eigenvalue weighted by molar-refractivity contribution is 5.21. The number of rotatable bonds is 3. The largest absolute Gasteiger partial charge is 0.330 e. The topological polar surface area (TPSA) is 26.0 Å². The van der Waals surface area contributed by atoms with Crippen molar-refractivity contribution in [1.29, 1.82) is 0 Å². The highest BCUT2D eigenvalue weighted by Crippen LogP contribution is 2.41. The Bertz CT molecular complexity index is 399. The lowest BCUT2D eigenvalue weighted by atomic mass is 9.67. The molecule has 0 aliphatic heterocycles. The summed E-state index contributed by atoms with van der Waals surface area (Å²) < 4.78 is 27.5. The molecule has 0 heterocycles. The van der Waals surface area contributed by atoms with Crippen LogP contribution in [0.2, 0.25) is 0 Å². The number of nitrogens with two attached hydrogens (primary N) is 1. The van der Waals surface area contributed by atoms with E-state index < -0.39 is 11.6 Å². The van der Waals surface area contributed by atoms with Crippen LogP contribution in [-0.4, -0.2) is 6.54 Å². The van der Waals surface area contributed by atoms with Crippen molar-refractivity contribution in [3.63, 3.8) is 0 Å². The summed E-state index contributed by atoms with van der Waals surface area (Å²) >= 11 is 0. The summed E-state index contributed by atoms with van der Waals surface area (Å²) in [4.78, 5) is 0. The molecule has 0 bridgehead atoms. The van der Waals surface area contributed by atoms with E-state index in [-0.39, 0.29) is 11.0 Å². The fraction of sp³-hybridized carbons (Fsp3) is 0.600. The monoisotopic (exact) mass is 253 g/mol. The van der Waals surface area contributed by atoms with Crippen LogP contribution >= 0.6 is 0 Å².